The first-order chi connectivity index (χ1) is 9.86. The summed E-state index contributed by atoms with van der Waals surface area (Å²) < 4.78 is 28.0. The normalized spacial score (nSPS) is 19.2. The number of carbonyl (C=O) groups is 1. The van der Waals surface area contributed by atoms with Crippen LogP contribution in [0.1, 0.15) is 23.2 Å². The zero-order valence-corrected chi connectivity index (χ0v) is 12.9. The van der Waals surface area contributed by atoms with E-state index in [0.717, 1.165) is 19.4 Å². The minimum atomic E-state index is -3.90. The zero-order chi connectivity index (χ0) is 15.5. The summed E-state index contributed by atoms with van der Waals surface area (Å²) in [6, 6.07) is 3.83. The summed E-state index contributed by atoms with van der Waals surface area (Å²) in [6.45, 7) is 1.87. The Morgan fingerprint density at radius 1 is 1.43 bits per heavy atom. The first-order valence-corrected chi connectivity index (χ1v) is 8.48. The van der Waals surface area contributed by atoms with Gasteiger partial charge < -0.3 is 10.1 Å². The molecule has 1 aromatic rings. The van der Waals surface area contributed by atoms with Gasteiger partial charge in [0.2, 0.25) is 10.0 Å². The van der Waals surface area contributed by atoms with Crippen molar-refractivity contribution in [2.24, 2.45) is 11.1 Å². The van der Waals surface area contributed by atoms with Crippen LogP contribution >= 0.6 is 11.6 Å². The molecule has 0 spiro atoms. The van der Waals surface area contributed by atoms with Gasteiger partial charge in [-0.1, -0.05) is 11.6 Å². The number of nitrogens with two attached hydrogens (primary N) is 1. The minimum Gasteiger partial charge on any atom is -0.381 e. The number of hydrogen-bond acceptors (Lipinski definition) is 4. The average molecular weight is 333 g/mol. The topological polar surface area (TPSA) is 98.5 Å². The molecule has 1 aliphatic rings. The van der Waals surface area contributed by atoms with Gasteiger partial charge in [-0.2, -0.15) is 0 Å². The lowest BCUT2D eigenvalue weighted by Gasteiger charge is -2.22. The van der Waals surface area contributed by atoms with Gasteiger partial charge in [0.25, 0.3) is 5.91 Å². The van der Waals surface area contributed by atoms with Crippen molar-refractivity contribution in [2.45, 2.75) is 17.7 Å². The second-order valence-corrected chi connectivity index (χ2v) is 7.01. The third-order valence-corrected chi connectivity index (χ3v) is 4.38. The Balaban J connectivity index is 2.06. The van der Waals surface area contributed by atoms with Crippen molar-refractivity contribution in [1.82, 2.24) is 5.32 Å². The summed E-state index contributed by atoms with van der Waals surface area (Å²) in [7, 11) is -3.90. The van der Waals surface area contributed by atoms with E-state index in [1.165, 1.54) is 18.2 Å². The predicted molar refractivity (Wildman–Crippen MR) is 78.7 cm³/mol. The molecule has 0 radical (unpaired) electrons. The smallest absolute Gasteiger partial charge is 0.251 e. The molecule has 1 atom stereocenters. The van der Waals surface area contributed by atoms with Crippen molar-refractivity contribution in [3.8, 4) is 0 Å². The van der Waals surface area contributed by atoms with Crippen LogP contribution < -0.4 is 10.5 Å². The molecule has 1 amide bonds. The van der Waals surface area contributed by atoms with Crippen molar-refractivity contribution in [2.75, 3.05) is 19.8 Å². The molecule has 1 aliphatic heterocycles. The second-order valence-electron chi connectivity index (χ2n) is 5.01. The van der Waals surface area contributed by atoms with E-state index in [1.54, 1.807) is 0 Å². The van der Waals surface area contributed by atoms with Gasteiger partial charge >= 0.3 is 0 Å². The number of sulfonamides is 1. The summed E-state index contributed by atoms with van der Waals surface area (Å²) in [5.74, 6) is -0.104. The van der Waals surface area contributed by atoms with Crippen molar-refractivity contribution in [3.05, 3.63) is 28.8 Å². The fourth-order valence-electron chi connectivity index (χ4n) is 2.17. The molecule has 3 N–H and O–H groups in total. The average Bonchev–Trinajstić information content (AvgIpc) is 2.44. The van der Waals surface area contributed by atoms with E-state index >= 15 is 0 Å². The van der Waals surface area contributed by atoms with Crippen LogP contribution in [0.5, 0.6) is 0 Å². The van der Waals surface area contributed by atoms with Crippen LogP contribution in [0.3, 0.4) is 0 Å². The summed E-state index contributed by atoms with van der Waals surface area (Å²) in [4.78, 5) is 11.9. The van der Waals surface area contributed by atoms with Gasteiger partial charge in [-0.3, -0.25) is 4.79 Å². The lowest BCUT2D eigenvalue weighted by atomic mass is 10.0. The molecule has 2 rings (SSSR count). The van der Waals surface area contributed by atoms with E-state index in [0.29, 0.717) is 13.2 Å². The van der Waals surface area contributed by atoms with Crippen molar-refractivity contribution < 1.29 is 17.9 Å². The Morgan fingerprint density at radius 3 is 2.81 bits per heavy atom. The monoisotopic (exact) mass is 332 g/mol. The molecule has 8 heteroatoms. The van der Waals surface area contributed by atoms with Crippen molar-refractivity contribution in [3.63, 3.8) is 0 Å². The Labute approximate surface area is 128 Å². The molecule has 1 fully saturated rings. The molecule has 116 valence electrons. The molecule has 1 unspecified atom stereocenters. The summed E-state index contributed by atoms with van der Waals surface area (Å²) in [5.41, 5.74) is 0.170. The van der Waals surface area contributed by atoms with Gasteiger partial charge in [0, 0.05) is 23.7 Å². The van der Waals surface area contributed by atoms with E-state index in [1.807, 2.05) is 0 Å². The summed E-state index contributed by atoms with van der Waals surface area (Å²) >= 11 is 5.83. The van der Waals surface area contributed by atoms with Gasteiger partial charge in [0.1, 0.15) is 0 Å². The zero-order valence-electron chi connectivity index (χ0n) is 11.3. The van der Waals surface area contributed by atoms with E-state index in [4.69, 9.17) is 21.5 Å². The Morgan fingerprint density at radius 2 is 2.19 bits per heavy atom. The number of primary sulfonamides is 1. The van der Waals surface area contributed by atoms with Crippen molar-refractivity contribution >= 4 is 27.5 Å². The molecular weight excluding hydrogens is 316 g/mol. The maximum Gasteiger partial charge on any atom is 0.251 e. The maximum atomic E-state index is 12.1. The molecule has 1 heterocycles. The van der Waals surface area contributed by atoms with E-state index in [-0.39, 0.29) is 27.3 Å². The number of carbonyl (C=O) groups excluding carboxylic acids is 1. The van der Waals surface area contributed by atoms with E-state index in [9.17, 15) is 13.2 Å². The lowest BCUT2D eigenvalue weighted by Crippen LogP contribution is -2.33. The molecular formula is C13H17ClN2O4S. The first kappa shape index (κ1) is 16.2. The number of rotatable bonds is 4. The van der Waals surface area contributed by atoms with Gasteiger partial charge in [-0.25, -0.2) is 13.6 Å². The molecule has 0 bridgehead atoms. The molecule has 0 aliphatic carbocycles. The number of hydrogen-bond donors (Lipinski definition) is 2. The van der Waals surface area contributed by atoms with Gasteiger partial charge in [0.15, 0.2) is 0 Å². The highest BCUT2D eigenvalue weighted by atomic mass is 35.5. The highest BCUT2D eigenvalue weighted by molar-refractivity contribution is 7.89. The Hall–Kier alpha value is -1.15. The van der Waals surface area contributed by atoms with Crippen LogP contribution in [0, 0.1) is 5.92 Å². The standard InChI is InChI=1S/C13H17ClN2O4S/c14-11-4-10(5-12(6-11)21(15,18)19)13(17)16-7-9-2-1-3-20-8-9/h4-6,9H,1-3,7-8H2,(H,16,17)(H2,15,18,19). The predicted octanol–water partition coefficient (Wildman–Crippen LogP) is 1.14. The number of benzene rings is 1. The molecule has 6 nitrogen and oxygen atoms in total. The van der Waals surface area contributed by atoms with Crippen LogP contribution in [0.4, 0.5) is 0 Å². The fraction of sp³-hybridized carbons (Fsp3) is 0.462. The Kier molecular flexibility index (Phi) is 5.21. The third-order valence-electron chi connectivity index (χ3n) is 3.27. The SMILES string of the molecule is NS(=O)(=O)c1cc(Cl)cc(C(=O)NCC2CCCOC2)c1. The quantitative estimate of drug-likeness (QED) is 0.863. The molecule has 0 saturated carbocycles. The Bertz CT molecular complexity index is 627. The second kappa shape index (κ2) is 6.74. The van der Waals surface area contributed by atoms with Crippen molar-refractivity contribution in [1.29, 1.82) is 0 Å². The van der Waals surface area contributed by atoms with E-state index < -0.39 is 10.0 Å². The van der Waals surface area contributed by atoms with Gasteiger partial charge in [0.05, 0.1) is 11.5 Å². The number of ether oxygens (including phenoxy) is 1. The number of amides is 1. The summed E-state index contributed by atoms with van der Waals surface area (Å²) in [6.07, 6.45) is 1.98. The van der Waals surface area contributed by atoms with Crippen LogP contribution in [0.15, 0.2) is 23.1 Å². The van der Waals surface area contributed by atoms with Crippen LogP contribution in [-0.4, -0.2) is 34.1 Å². The van der Waals surface area contributed by atoms with Gasteiger partial charge in [-0.15, -0.1) is 0 Å². The molecule has 0 aromatic heterocycles. The molecule has 1 saturated heterocycles. The largest absolute Gasteiger partial charge is 0.381 e. The third kappa shape index (κ3) is 4.67. The van der Waals surface area contributed by atoms with E-state index in [2.05, 4.69) is 5.32 Å². The molecule has 1 aromatic carbocycles. The maximum absolute atomic E-state index is 12.1. The fourth-order valence-corrected chi connectivity index (χ4v) is 3.05. The number of halogens is 1. The summed E-state index contributed by atoms with van der Waals surface area (Å²) in [5, 5.41) is 7.96. The van der Waals surface area contributed by atoms with Gasteiger partial charge in [-0.05, 0) is 37.0 Å². The number of nitrogens with one attached hydrogen (secondary N) is 1. The minimum absolute atomic E-state index is 0.146. The van der Waals surface area contributed by atoms with Crippen LogP contribution in [-0.2, 0) is 14.8 Å². The highest BCUT2D eigenvalue weighted by Crippen LogP contribution is 2.18. The lowest BCUT2D eigenvalue weighted by molar-refractivity contribution is 0.0536. The van der Waals surface area contributed by atoms with Crippen LogP contribution in [0.2, 0.25) is 5.02 Å². The van der Waals surface area contributed by atoms with Crippen LogP contribution in [0.25, 0.3) is 0 Å². The molecule has 21 heavy (non-hydrogen) atoms. The highest BCUT2D eigenvalue weighted by Gasteiger charge is 2.17. The first-order valence-electron chi connectivity index (χ1n) is 6.55.